The summed E-state index contributed by atoms with van der Waals surface area (Å²) in [4.78, 5) is 7.38. The highest BCUT2D eigenvalue weighted by Crippen LogP contribution is 2.69. The van der Waals surface area contributed by atoms with Crippen molar-refractivity contribution in [3.63, 3.8) is 0 Å². The molecular weight excluding hydrogens is 999 g/mol. The van der Waals surface area contributed by atoms with Crippen LogP contribution in [0.25, 0.3) is 33.1 Å². The van der Waals surface area contributed by atoms with Crippen LogP contribution in [0.5, 0.6) is 11.5 Å². The van der Waals surface area contributed by atoms with Gasteiger partial charge in [0.05, 0.1) is 33.6 Å². The third kappa shape index (κ3) is 7.87. The molecule has 0 radical (unpaired) electrons. The summed E-state index contributed by atoms with van der Waals surface area (Å²) in [6.45, 7) is 27.4. The van der Waals surface area contributed by atoms with Gasteiger partial charge in [0.25, 0.3) is 0 Å². The second-order valence-electron chi connectivity index (χ2n) is 27.0. The van der Waals surface area contributed by atoms with Crippen LogP contribution < -0.4 is 19.4 Å². The quantitative estimate of drug-likeness (QED) is 0.166. The summed E-state index contributed by atoms with van der Waals surface area (Å²) in [5.41, 5.74) is 22.3. The lowest BCUT2D eigenvalue weighted by Crippen LogP contribution is -2.37. The smallest absolute Gasteiger partial charge is 0.151 e. The van der Waals surface area contributed by atoms with E-state index in [0.717, 1.165) is 107 Å². The van der Waals surface area contributed by atoms with Gasteiger partial charge in [0.2, 0.25) is 0 Å². The molecule has 1 aliphatic carbocycles. The number of nitrogens with zero attached hydrogens (tertiary/aromatic N) is 3. The van der Waals surface area contributed by atoms with Gasteiger partial charge in [0.15, 0.2) is 11.5 Å². The van der Waals surface area contributed by atoms with Gasteiger partial charge in [-0.2, -0.15) is 0 Å². The first-order chi connectivity index (χ1) is 39.2. The number of hydrogen-bond acceptors (Lipinski definition) is 5. The van der Waals surface area contributed by atoms with Crippen LogP contribution in [0.15, 0.2) is 217 Å². The highest BCUT2D eigenvalue weighted by Gasteiger charge is 2.55. The number of para-hydroxylation sites is 5. The van der Waals surface area contributed by atoms with E-state index in [1.165, 1.54) is 33.4 Å². The third-order valence-electron chi connectivity index (χ3n) is 17.7. The molecule has 5 nitrogen and oxygen atoms in total. The molecule has 0 bridgehead atoms. The number of benzene rings is 10. The van der Waals surface area contributed by atoms with Crippen LogP contribution in [0.4, 0.5) is 51.2 Å². The zero-order valence-electron chi connectivity index (χ0n) is 49.4. The van der Waals surface area contributed by atoms with Crippen molar-refractivity contribution in [3.05, 3.63) is 257 Å². The van der Waals surface area contributed by atoms with E-state index in [4.69, 9.17) is 9.15 Å². The van der Waals surface area contributed by atoms with Gasteiger partial charge >= 0.3 is 0 Å². The highest BCUT2D eigenvalue weighted by molar-refractivity contribution is 6.20. The lowest BCUT2D eigenvalue weighted by molar-refractivity contribution is 0.473. The Labute approximate surface area is 484 Å². The van der Waals surface area contributed by atoms with Gasteiger partial charge in [-0.25, -0.2) is 0 Å². The van der Waals surface area contributed by atoms with Gasteiger partial charge < -0.3 is 23.9 Å². The molecule has 3 heterocycles. The van der Waals surface area contributed by atoms with E-state index in [2.05, 4.69) is 310 Å². The minimum absolute atomic E-state index is 0.00701. The van der Waals surface area contributed by atoms with Crippen LogP contribution >= 0.6 is 0 Å². The van der Waals surface area contributed by atoms with Gasteiger partial charge in [0.1, 0.15) is 11.2 Å². The molecule has 1 atom stereocenters. The predicted molar refractivity (Wildman–Crippen MR) is 344 cm³/mol. The van der Waals surface area contributed by atoms with E-state index in [9.17, 15) is 0 Å². The predicted octanol–water partition coefficient (Wildman–Crippen LogP) is 22.0. The lowest BCUT2D eigenvalue weighted by Gasteiger charge is -2.47. The molecule has 10 aromatic carbocycles. The van der Waals surface area contributed by atoms with E-state index >= 15 is 0 Å². The maximum atomic E-state index is 7.50. The molecular formula is C77H71N3O2. The number of ether oxygens (including phenoxy) is 1. The van der Waals surface area contributed by atoms with Crippen molar-refractivity contribution < 1.29 is 9.15 Å². The maximum absolute atomic E-state index is 7.50. The van der Waals surface area contributed by atoms with Gasteiger partial charge in [-0.3, -0.25) is 0 Å². The van der Waals surface area contributed by atoms with E-state index in [1.54, 1.807) is 0 Å². The normalized spacial score (nSPS) is 15.2. The minimum Gasteiger partial charge on any atom is -0.455 e. The lowest BCUT2D eigenvalue weighted by atomic mass is 9.64. The molecule has 82 heavy (non-hydrogen) atoms. The molecule has 5 heteroatoms. The van der Waals surface area contributed by atoms with Crippen molar-refractivity contribution in [1.82, 2.24) is 0 Å². The number of rotatable bonds is 6. The molecule has 406 valence electrons. The van der Waals surface area contributed by atoms with Crippen molar-refractivity contribution in [2.45, 2.75) is 110 Å². The zero-order valence-corrected chi connectivity index (χ0v) is 49.4. The van der Waals surface area contributed by atoms with Crippen LogP contribution in [-0.4, -0.2) is 0 Å². The van der Waals surface area contributed by atoms with Crippen molar-refractivity contribution in [1.29, 1.82) is 0 Å². The van der Waals surface area contributed by atoms with E-state index in [0.29, 0.717) is 0 Å². The number of fused-ring (bicyclic) bond motifs is 15. The van der Waals surface area contributed by atoms with Crippen LogP contribution in [0.3, 0.4) is 0 Å². The molecule has 0 N–H and O–H groups in total. The van der Waals surface area contributed by atoms with Crippen LogP contribution in [0.1, 0.15) is 128 Å². The maximum Gasteiger partial charge on any atom is 0.151 e. The monoisotopic (exact) mass is 1070 g/mol. The van der Waals surface area contributed by atoms with Gasteiger partial charge in [0, 0.05) is 39.4 Å². The molecule has 0 fully saturated rings. The first kappa shape index (κ1) is 51.4. The number of anilines is 9. The topological polar surface area (TPSA) is 32.1 Å². The van der Waals surface area contributed by atoms with Crippen molar-refractivity contribution >= 4 is 73.1 Å². The molecule has 2 aliphatic heterocycles. The Morgan fingerprint density at radius 3 is 1.40 bits per heavy atom. The summed E-state index contributed by atoms with van der Waals surface area (Å²) in [7, 11) is 0. The second-order valence-corrected chi connectivity index (χ2v) is 27.0. The Hall–Kier alpha value is -8.80. The van der Waals surface area contributed by atoms with Gasteiger partial charge in [-0.05, 0) is 169 Å². The van der Waals surface area contributed by atoms with E-state index in [1.807, 2.05) is 0 Å². The summed E-state index contributed by atoms with van der Waals surface area (Å²) >= 11 is 0. The minimum atomic E-state index is -0.896. The van der Waals surface area contributed by atoms with E-state index in [-0.39, 0.29) is 21.7 Å². The Morgan fingerprint density at radius 2 is 0.841 bits per heavy atom. The molecule has 0 amide bonds. The molecule has 0 saturated heterocycles. The zero-order chi connectivity index (χ0) is 56.8. The molecule has 1 unspecified atom stereocenters. The summed E-state index contributed by atoms with van der Waals surface area (Å²) in [6, 6.07) is 79.5. The third-order valence-corrected chi connectivity index (χ3v) is 17.7. The van der Waals surface area contributed by atoms with Crippen molar-refractivity contribution in [2.75, 3.05) is 14.7 Å². The fourth-order valence-corrected chi connectivity index (χ4v) is 13.3. The average Bonchev–Trinajstić information content (AvgIpc) is 1.49. The molecule has 1 spiro atoms. The number of hydrogen-bond donors (Lipinski definition) is 0. The first-order valence-corrected chi connectivity index (χ1v) is 29.2. The fourth-order valence-electron chi connectivity index (χ4n) is 13.3. The van der Waals surface area contributed by atoms with Crippen LogP contribution in [0, 0.1) is 0 Å². The Morgan fingerprint density at radius 1 is 0.378 bits per heavy atom. The molecule has 11 aromatic rings. The van der Waals surface area contributed by atoms with Crippen molar-refractivity contribution in [3.8, 4) is 22.6 Å². The largest absolute Gasteiger partial charge is 0.455 e. The average molecular weight is 1070 g/mol. The summed E-state index contributed by atoms with van der Waals surface area (Å²) in [5.74, 6) is 1.65. The van der Waals surface area contributed by atoms with Gasteiger partial charge in [-0.15, -0.1) is 0 Å². The van der Waals surface area contributed by atoms with Crippen LogP contribution in [-0.2, 0) is 27.1 Å². The molecule has 14 rings (SSSR count). The Balaban J connectivity index is 1.12. The summed E-state index contributed by atoms with van der Waals surface area (Å²) in [6.07, 6.45) is 0. The van der Waals surface area contributed by atoms with E-state index < -0.39 is 5.41 Å². The Bertz CT molecular complexity index is 4210. The first-order valence-electron chi connectivity index (χ1n) is 29.2. The Kier molecular flexibility index (Phi) is 11.3. The van der Waals surface area contributed by atoms with Crippen molar-refractivity contribution in [2.24, 2.45) is 0 Å². The van der Waals surface area contributed by atoms with Crippen LogP contribution in [0.2, 0.25) is 0 Å². The molecule has 1 aromatic heterocycles. The highest BCUT2D eigenvalue weighted by atomic mass is 16.5. The summed E-state index contributed by atoms with van der Waals surface area (Å²) in [5, 5.41) is 2.14. The summed E-state index contributed by atoms with van der Waals surface area (Å²) < 4.78 is 14.5. The number of furan rings is 1. The molecule has 0 saturated carbocycles. The van der Waals surface area contributed by atoms with Gasteiger partial charge in [-0.1, -0.05) is 198 Å². The standard InChI is InChI=1S/C77H71N3O2/c1-73(2,3)48-28-36-52(37-29-48)78(53-38-30-49(31-39-53)74(4,5)6)56-44-45-57-61(46-56)77(59-21-14-15-23-63(59)80-64-24-16-18-26-67(64)81-68-27-19-22-60(77)71(68)80)62-47-65(70-58-20-13-17-25-66(58)82-72(70)69(57)62)79(54-40-32-50(33-41-54)75(7,8)9)55-42-34-51(35-43-55)76(10,11)12/h13-47H,1-12H3. The SMILES string of the molecule is CC(C)(C)c1ccc(N(c2ccc(C(C)(C)C)cc2)c2ccc3c(c2)C2(c4ccccc4N4c5ccccc5Oc5cccc2c54)c2cc(N(c4ccc(C(C)(C)C)cc4)c4ccc(C(C)(C)C)cc4)c4c(oc5ccccc54)c2-3)cc1. The molecule has 3 aliphatic rings. The second kappa shape index (κ2) is 18.1. The fraction of sp³-hybridized carbons (Fsp3) is 0.221.